The molecule has 0 fully saturated rings. The number of alkyl halides is 3. The lowest BCUT2D eigenvalue weighted by Crippen LogP contribution is -2.14. The lowest BCUT2D eigenvalue weighted by atomic mass is 10.0. The molecule has 1 aliphatic carbocycles. The van der Waals surface area contributed by atoms with Gasteiger partial charge in [-0.3, -0.25) is 0 Å². The number of halogens is 3. The fourth-order valence-corrected chi connectivity index (χ4v) is 4.42. The SMILES string of the molecule is Cc1nc(NCc2cc(N)cc(C(F)(F)F)c2)c2cc(NC3=NCCO3)c3c(c2n1)CCC3. The van der Waals surface area contributed by atoms with Crippen LogP contribution in [0.2, 0.25) is 0 Å². The Morgan fingerprint density at radius 3 is 2.67 bits per heavy atom. The van der Waals surface area contributed by atoms with Crippen LogP contribution in [-0.4, -0.2) is 29.1 Å². The Bertz CT molecular complexity index is 1270. The summed E-state index contributed by atoms with van der Waals surface area (Å²) in [6, 6.07) is 6.01. The van der Waals surface area contributed by atoms with E-state index in [1.54, 1.807) is 0 Å². The minimum absolute atomic E-state index is 0.0620. The quantitative estimate of drug-likeness (QED) is 0.503. The largest absolute Gasteiger partial charge is 0.463 e. The van der Waals surface area contributed by atoms with Gasteiger partial charge in [0.2, 0.25) is 0 Å². The van der Waals surface area contributed by atoms with Crippen LogP contribution >= 0.6 is 0 Å². The molecule has 3 aromatic rings. The standard InChI is InChI=1S/C23H23F3N6O/c1-12-30-20-17-4-2-3-16(17)19(32-22-28-5-6-33-22)10-18(20)21(31-12)29-11-13-7-14(23(24,25)26)9-15(27)8-13/h7-10H,2-6,11,27H2,1H3,(H,28,32)(H,29,30,31). The zero-order valence-corrected chi connectivity index (χ0v) is 18.0. The number of nitrogen functional groups attached to an aromatic ring is 1. The highest BCUT2D eigenvalue weighted by Crippen LogP contribution is 2.38. The molecule has 0 saturated heterocycles. The molecule has 10 heteroatoms. The Labute approximate surface area is 188 Å². The average Bonchev–Trinajstić information content (AvgIpc) is 3.44. The predicted molar refractivity (Wildman–Crippen MR) is 121 cm³/mol. The van der Waals surface area contributed by atoms with Gasteiger partial charge in [-0.15, -0.1) is 0 Å². The van der Waals surface area contributed by atoms with Gasteiger partial charge in [0.05, 0.1) is 17.6 Å². The first-order chi connectivity index (χ1) is 15.8. The van der Waals surface area contributed by atoms with Crippen molar-refractivity contribution in [2.45, 2.75) is 38.9 Å². The molecule has 0 atom stereocenters. The minimum Gasteiger partial charge on any atom is -0.463 e. The van der Waals surface area contributed by atoms with Crippen LogP contribution in [0.25, 0.3) is 10.9 Å². The maximum atomic E-state index is 13.2. The first-order valence-electron chi connectivity index (χ1n) is 10.8. The van der Waals surface area contributed by atoms with Crippen molar-refractivity contribution in [3.05, 3.63) is 52.3 Å². The summed E-state index contributed by atoms with van der Waals surface area (Å²) in [6.45, 7) is 3.11. The molecule has 0 bridgehead atoms. The average molecular weight is 456 g/mol. The molecule has 2 heterocycles. The van der Waals surface area contributed by atoms with Crippen molar-refractivity contribution in [2.24, 2.45) is 4.99 Å². The molecule has 0 saturated carbocycles. The number of rotatable bonds is 4. The summed E-state index contributed by atoms with van der Waals surface area (Å²) in [6.07, 6.45) is -1.62. The van der Waals surface area contributed by atoms with Crippen molar-refractivity contribution >= 4 is 34.1 Å². The number of fused-ring (bicyclic) bond motifs is 3. The summed E-state index contributed by atoms with van der Waals surface area (Å²) >= 11 is 0. The molecule has 33 heavy (non-hydrogen) atoms. The number of nitrogens with zero attached hydrogens (tertiary/aromatic N) is 3. The molecule has 172 valence electrons. The van der Waals surface area contributed by atoms with Crippen LogP contribution in [0, 0.1) is 6.92 Å². The van der Waals surface area contributed by atoms with Crippen LogP contribution in [0.1, 0.15) is 34.5 Å². The normalized spacial score (nSPS) is 15.3. The van der Waals surface area contributed by atoms with E-state index in [1.807, 2.05) is 13.0 Å². The Morgan fingerprint density at radius 2 is 1.91 bits per heavy atom. The van der Waals surface area contributed by atoms with E-state index in [4.69, 9.17) is 10.5 Å². The third-order valence-electron chi connectivity index (χ3n) is 5.80. The van der Waals surface area contributed by atoms with E-state index in [9.17, 15) is 13.2 Å². The summed E-state index contributed by atoms with van der Waals surface area (Å²) in [5.74, 6) is 1.15. The van der Waals surface area contributed by atoms with E-state index >= 15 is 0 Å². The maximum absolute atomic E-state index is 13.2. The second kappa shape index (κ2) is 8.09. The molecule has 5 rings (SSSR count). The van der Waals surface area contributed by atoms with E-state index in [-0.39, 0.29) is 12.2 Å². The Morgan fingerprint density at radius 1 is 1.09 bits per heavy atom. The number of nitrogens with one attached hydrogen (secondary N) is 2. The fourth-order valence-electron chi connectivity index (χ4n) is 4.42. The zero-order valence-electron chi connectivity index (χ0n) is 18.0. The Hall–Kier alpha value is -3.56. The number of ether oxygens (including phenoxy) is 1. The molecule has 2 aliphatic rings. The molecule has 0 spiro atoms. The van der Waals surface area contributed by atoms with Crippen LogP contribution in [0.3, 0.4) is 0 Å². The number of amidine groups is 1. The highest BCUT2D eigenvalue weighted by Gasteiger charge is 2.31. The van der Waals surface area contributed by atoms with E-state index in [0.717, 1.165) is 53.5 Å². The van der Waals surface area contributed by atoms with Crippen LogP contribution < -0.4 is 16.4 Å². The molecular formula is C23H23F3N6O. The number of aromatic nitrogens is 2. The van der Waals surface area contributed by atoms with Gasteiger partial charge in [0.15, 0.2) is 0 Å². The van der Waals surface area contributed by atoms with Crippen LogP contribution in [0.5, 0.6) is 0 Å². The Balaban J connectivity index is 1.53. The molecule has 4 N–H and O–H groups in total. The van der Waals surface area contributed by atoms with Gasteiger partial charge in [-0.2, -0.15) is 13.2 Å². The fraction of sp³-hybridized carbons (Fsp3) is 0.348. The maximum Gasteiger partial charge on any atom is 0.416 e. The van der Waals surface area contributed by atoms with Gasteiger partial charge in [-0.1, -0.05) is 0 Å². The molecule has 0 amide bonds. The van der Waals surface area contributed by atoms with Gasteiger partial charge in [0.1, 0.15) is 18.2 Å². The topological polar surface area (TPSA) is 97.5 Å². The molecule has 1 aliphatic heterocycles. The predicted octanol–water partition coefficient (Wildman–Crippen LogP) is 4.44. The third-order valence-corrected chi connectivity index (χ3v) is 5.80. The lowest BCUT2D eigenvalue weighted by Gasteiger charge is -2.17. The van der Waals surface area contributed by atoms with E-state index < -0.39 is 11.7 Å². The monoisotopic (exact) mass is 456 g/mol. The zero-order chi connectivity index (χ0) is 23.2. The summed E-state index contributed by atoms with van der Waals surface area (Å²) in [5.41, 5.74) is 9.53. The molecule has 0 unspecified atom stereocenters. The highest BCUT2D eigenvalue weighted by molar-refractivity contribution is 6.00. The molecule has 0 radical (unpaired) electrons. The van der Waals surface area contributed by atoms with Gasteiger partial charge in [0.25, 0.3) is 6.02 Å². The van der Waals surface area contributed by atoms with E-state index in [2.05, 4.69) is 25.6 Å². The Kier molecular flexibility index (Phi) is 5.22. The summed E-state index contributed by atoms with van der Waals surface area (Å²) in [7, 11) is 0. The van der Waals surface area contributed by atoms with Crippen LogP contribution in [-0.2, 0) is 30.3 Å². The van der Waals surface area contributed by atoms with Crippen molar-refractivity contribution in [1.82, 2.24) is 9.97 Å². The first-order valence-corrected chi connectivity index (χ1v) is 10.8. The molecule has 7 nitrogen and oxygen atoms in total. The number of nitrogens with two attached hydrogens (primary N) is 1. The van der Waals surface area contributed by atoms with Crippen molar-refractivity contribution < 1.29 is 17.9 Å². The van der Waals surface area contributed by atoms with Gasteiger partial charge < -0.3 is 21.1 Å². The van der Waals surface area contributed by atoms with Crippen molar-refractivity contribution in [3.8, 4) is 0 Å². The van der Waals surface area contributed by atoms with Gasteiger partial charge in [-0.25, -0.2) is 15.0 Å². The summed E-state index contributed by atoms with van der Waals surface area (Å²) in [5, 5.41) is 7.28. The van der Waals surface area contributed by atoms with E-state index in [1.165, 1.54) is 11.6 Å². The van der Waals surface area contributed by atoms with Crippen molar-refractivity contribution in [1.29, 1.82) is 0 Å². The second-order valence-electron chi connectivity index (χ2n) is 8.23. The van der Waals surface area contributed by atoms with Crippen LogP contribution in [0.4, 0.5) is 30.4 Å². The van der Waals surface area contributed by atoms with Gasteiger partial charge in [0, 0.05) is 23.3 Å². The van der Waals surface area contributed by atoms with Gasteiger partial charge in [-0.05, 0) is 67.1 Å². The number of anilines is 3. The van der Waals surface area contributed by atoms with Crippen molar-refractivity contribution in [3.63, 3.8) is 0 Å². The third kappa shape index (κ3) is 4.24. The molecule has 2 aromatic carbocycles. The lowest BCUT2D eigenvalue weighted by molar-refractivity contribution is -0.137. The second-order valence-corrected chi connectivity index (χ2v) is 8.23. The number of aliphatic imine (C=N–C) groups is 1. The first kappa shape index (κ1) is 21.3. The highest BCUT2D eigenvalue weighted by atomic mass is 19.4. The smallest absolute Gasteiger partial charge is 0.416 e. The van der Waals surface area contributed by atoms with Gasteiger partial charge >= 0.3 is 6.18 Å². The van der Waals surface area contributed by atoms with Crippen molar-refractivity contribution in [2.75, 3.05) is 29.5 Å². The number of hydrogen-bond donors (Lipinski definition) is 3. The molecular weight excluding hydrogens is 433 g/mol. The molecule has 1 aromatic heterocycles. The van der Waals surface area contributed by atoms with Crippen LogP contribution in [0.15, 0.2) is 29.3 Å². The summed E-state index contributed by atoms with van der Waals surface area (Å²) in [4.78, 5) is 13.5. The van der Waals surface area contributed by atoms with E-state index in [0.29, 0.717) is 36.4 Å². The number of aryl methyl sites for hydroxylation is 2. The number of benzene rings is 2. The minimum atomic E-state index is -4.46. The summed E-state index contributed by atoms with van der Waals surface area (Å²) < 4.78 is 45.1. The number of hydrogen-bond acceptors (Lipinski definition) is 7.